The number of amides is 2. The maximum atomic E-state index is 12.7. The van der Waals surface area contributed by atoms with Gasteiger partial charge in [0, 0.05) is 17.8 Å². The van der Waals surface area contributed by atoms with E-state index in [0.717, 1.165) is 29.8 Å². The number of carbonyl (C=O) groups excluding carboxylic acids is 2. The number of aromatic nitrogens is 2. The average molecular weight is 405 g/mol. The van der Waals surface area contributed by atoms with Crippen LogP contribution in [-0.4, -0.2) is 28.1 Å². The molecule has 0 unspecified atom stereocenters. The van der Waals surface area contributed by atoms with Crippen molar-refractivity contribution in [3.63, 3.8) is 0 Å². The Labute approximate surface area is 177 Å². The molecule has 0 aliphatic rings. The normalized spacial score (nSPS) is 10.6. The van der Waals surface area contributed by atoms with Gasteiger partial charge in [-0.3, -0.25) is 14.3 Å². The van der Waals surface area contributed by atoms with E-state index in [-0.39, 0.29) is 11.8 Å². The molecule has 0 aliphatic heterocycles. The molecule has 3 rings (SSSR count). The van der Waals surface area contributed by atoms with Crippen molar-refractivity contribution in [3.05, 3.63) is 82.7 Å². The van der Waals surface area contributed by atoms with Crippen LogP contribution >= 0.6 is 0 Å². The van der Waals surface area contributed by atoms with Crippen LogP contribution in [0.3, 0.4) is 0 Å². The quantitative estimate of drug-likeness (QED) is 0.549. The van der Waals surface area contributed by atoms with Crippen LogP contribution in [0.4, 0.5) is 5.69 Å². The Morgan fingerprint density at radius 1 is 1.00 bits per heavy atom. The van der Waals surface area contributed by atoms with Crippen LogP contribution in [0.15, 0.2) is 54.6 Å². The van der Waals surface area contributed by atoms with Gasteiger partial charge in [-0.1, -0.05) is 37.6 Å². The largest absolute Gasteiger partial charge is 0.352 e. The van der Waals surface area contributed by atoms with Gasteiger partial charge in [0.15, 0.2) is 0 Å². The van der Waals surface area contributed by atoms with Gasteiger partial charge in [0.25, 0.3) is 11.8 Å². The fourth-order valence-electron chi connectivity index (χ4n) is 3.23. The summed E-state index contributed by atoms with van der Waals surface area (Å²) in [6.07, 6.45) is 1.93. The third-order valence-corrected chi connectivity index (χ3v) is 4.89. The van der Waals surface area contributed by atoms with E-state index in [2.05, 4.69) is 22.7 Å². The maximum absolute atomic E-state index is 12.7. The summed E-state index contributed by atoms with van der Waals surface area (Å²) >= 11 is 0. The molecule has 0 atom stereocenters. The molecule has 0 saturated carbocycles. The molecule has 0 radical (unpaired) electrons. The van der Waals surface area contributed by atoms with E-state index in [0.29, 0.717) is 29.9 Å². The Kier molecular flexibility index (Phi) is 7.01. The first-order valence-electron chi connectivity index (χ1n) is 10.3. The van der Waals surface area contributed by atoms with Gasteiger partial charge in [0.2, 0.25) is 0 Å². The minimum atomic E-state index is -0.249. The second-order valence-corrected chi connectivity index (χ2v) is 7.39. The minimum Gasteiger partial charge on any atom is -0.352 e. The van der Waals surface area contributed by atoms with Crippen LogP contribution in [-0.2, 0) is 6.54 Å². The molecule has 0 fully saturated rings. The fraction of sp³-hybridized carbons (Fsp3) is 0.292. The van der Waals surface area contributed by atoms with Crippen molar-refractivity contribution >= 4 is 17.5 Å². The van der Waals surface area contributed by atoms with Crippen LogP contribution in [0.2, 0.25) is 0 Å². The minimum absolute atomic E-state index is 0.181. The second kappa shape index (κ2) is 9.87. The summed E-state index contributed by atoms with van der Waals surface area (Å²) in [4.78, 5) is 25.2. The zero-order valence-electron chi connectivity index (χ0n) is 17.7. The molecule has 0 spiro atoms. The summed E-state index contributed by atoms with van der Waals surface area (Å²) in [7, 11) is 0. The number of nitrogens with one attached hydrogen (secondary N) is 2. The van der Waals surface area contributed by atoms with Gasteiger partial charge in [0.05, 0.1) is 23.5 Å². The lowest BCUT2D eigenvalue weighted by Gasteiger charge is -2.12. The van der Waals surface area contributed by atoms with Crippen LogP contribution < -0.4 is 10.6 Å². The summed E-state index contributed by atoms with van der Waals surface area (Å²) < 4.78 is 1.94. The molecule has 1 heterocycles. The van der Waals surface area contributed by atoms with E-state index in [1.807, 2.05) is 36.7 Å². The van der Waals surface area contributed by atoms with Crippen molar-refractivity contribution in [3.8, 4) is 0 Å². The van der Waals surface area contributed by atoms with E-state index >= 15 is 0 Å². The molecular formula is C24H28N4O2. The number of rotatable bonds is 8. The molecule has 0 saturated heterocycles. The van der Waals surface area contributed by atoms with Gasteiger partial charge in [-0.25, -0.2) is 0 Å². The molecule has 3 aromatic rings. The molecule has 156 valence electrons. The third kappa shape index (κ3) is 5.35. The summed E-state index contributed by atoms with van der Waals surface area (Å²) in [5.41, 5.74) is 4.65. The van der Waals surface area contributed by atoms with Gasteiger partial charge < -0.3 is 10.6 Å². The standard InChI is InChI=1S/C24H28N4O2/c1-4-5-14-25-24(30)21-8-6-7-9-22(21)26-23(29)20-12-10-19(11-13-20)16-28-18(3)15-17(2)27-28/h6-13,15H,4-5,14,16H2,1-3H3,(H,25,30)(H,26,29). The molecule has 0 aliphatic carbocycles. The van der Waals surface area contributed by atoms with Crippen molar-refractivity contribution in [2.75, 3.05) is 11.9 Å². The average Bonchev–Trinajstić information content (AvgIpc) is 3.05. The Morgan fingerprint density at radius 3 is 2.40 bits per heavy atom. The first-order valence-corrected chi connectivity index (χ1v) is 10.3. The van der Waals surface area contributed by atoms with E-state index in [1.165, 1.54) is 0 Å². The van der Waals surface area contributed by atoms with E-state index < -0.39 is 0 Å². The number of nitrogens with zero attached hydrogens (tertiary/aromatic N) is 2. The lowest BCUT2D eigenvalue weighted by Crippen LogP contribution is -2.26. The number of anilines is 1. The smallest absolute Gasteiger partial charge is 0.255 e. The number of unbranched alkanes of at least 4 members (excludes halogenated alkanes) is 1. The molecular weight excluding hydrogens is 376 g/mol. The third-order valence-electron chi connectivity index (χ3n) is 4.89. The van der Waals surface area contributed by atoms with Crippen LogP contribution in [0, 0.1) is 13.8 Å². The highest BCUT2D eigenvalue weighted by Gasteiger charge is 2.14. The van der Waals surface area contributed by atoms with Crippen molar-refractivity contribution < 1.29 is 9.59 Å². The van der Waals surface area contributed by atoms with Crippen molar-refractivity contribution in [2.45, 2.75) is 40.2 Å². The van der Waals surface area contributed by atoms with E-state index in [1.54, 1.807) is 36.4 Å². The molecule has 2 amide bonds. The zero-order valence-corrected chi connectivity index (χ0v) is 17.7. The number of para-hydroxylation sites is 1. The summed E-state index contributed by atoms with van der Waals surface area (Å²) in [5, 5.41) is 10.2. The van der Waals surface area contributed by atoms with Crippen LogP contribution in [0.25, 0.3) is 0 Å². The van der Waals surface area contributed by atoms with Crippen LogP contribution in [0.1, 0.15) is 57.4 Å². The number of carbonyl (C=O) groups is 2. The van der Waals surface area contributed by atoms with Crippen molar-refractivity contribution in [2.24, 2.45) is 0 Å². The molecule has 1 aromatic heterocycles. The topological polar surface area (TPSA) is 76.0 Å². The fourth-order valence-corrected chi connectivity index (χ4v) is 3.23. The zero-order chi connectivity index (χ0) is 21.5. The maximum Gasteiger partial charge on any atom is 0.255 e. The predicted molar refractivity (Wildman–Crippen MR) is 119 cm³/mol. The van der Waals surface area contributed by atoms with Gasteiger partial charge in [-0.2, -0.15) is 5.10 Å². The molecule has 2 aromatic carbocycles. The highest BCUT2D eigenvalue weighted by atomic mass is 16.2. The Morgan fingerprint density at radius 2 is 1.73 bits per heavy atom. The highest BCUT2D eigenvalue weighted by Crippen LogP contribution is 2.17. The summed E-state index contributed by atoms with van der Waals surface area (Å²) in [6, 6.07) is 16.5. The second-order valence-electron chi connectivity index (χ2n) is 7.39. The summed E-state index contributed by atoms with van der Waals surface area (Å²) in [6.45, 7) is 7.34. The lowest BCUT2D eigenvalue weighted by molar-refractivity contribution is 0.0954. The van der Waals surface area contributed by atoms with Crippen molar-refractivity contribution in [1.29, 1.82) is 0 Å². The SMILES string of the molecule is CCCCNC(=O)c1ccccc1NC(=O)c1ccc(Cn2nc(C)cc2C)cc1. The van der Waals surface area contributed by atoms with E-state index in [9.17, 15) is 9.59 Å². The Hall–Kier alpha value is -3.41. The van der Waals surface area contributed by atoms with Gasteiger partial charge in [-0.05, 0) is 56.2 Å². The van der Waals surface area contributed by atoms with Gasteiger partial charge in [-0.15, -0.1) is 0 Å². The lowest BCUT2D eigenvalue weighted by atomic mass is 10.1. The number of aryl methyl sites for hydroxylation is 2. The van der Waals surface area contributed by atoms with Gasteiger partial charge in [0.1, 0.15) is 0 Å². The number of hydrogen-bond acceptors (Lipinski definition) is 3. The highest BCUT2D eigenvalue weighted by molar-refractivity contribution is 6.09. The summed E-state index contributed by atoms with van der Waals surface area (Å²) in [5.74, 6) is -0.430. The molecule has 2 N–H and O–H groups in total. The Balaban J connectivity index is 1.68. The molecule has 6 nitrogen and oxygen atoms in total. The van der Waals surface area contributed by atoms with Crippen LogP contribution in [0.5, 0.6) is 0 Å². The monoisotopic (exact) mass is 404 g/mol. The van der Waals surface area contributed by atoms with Gasteiger partial charge >= 0.3 is 0 Å². The van der Waals surface area contributed by atoms with E-state index in [4.69, 9.17) is 0 Å². The number of hydrogen-bond donors (Lipinski definition) is 2. The predicted octanol–water partition coefficient (Wildman–Crippen LogP) is 4.33. The molecule has 0 bridgehead atoms. The first kappa shape index (κ1) is 21.3. The number of benzene rings is 2. The Bertz CT molecular complexity index is 1020. The first-order chi connectivity index (χ1) is 14.5. The van der Waals surface area contributed by atoms with Crippen molar-refractivity contribution in [1.82, 2.24) is 15.1 Å². The molecule has 6 heteroatoms. The molecule has 30 heavy (non-hydrogen) atoms.